The van der Waals surface area contributed by atoms with Crippen LogP contribution in [0.2, 0.25) is 0 Å². The molecule has 1 aliphatic rings. The number of ether oxygens (including phenoxy) is 1. The minimum Gasteiger partial charge on any atom is -0.497 e. The smallest absolute Gasteiger partial charge is 0.191 e. The van der Waals surface area contributed by atoms with Crippen LogP contribution in [0.4, 0.5) is 0 Å². The number of nitrogens with one attached hydrogen (secondary N) is 2. The molecule has 3 rings (SSSR count). The van der Waals surface area contributed by atoms with Gasteiger partial charge in [0.1, 0.15) is 11.4 Å². The number of methoxy groups -OCH3 is 1. The fraction of sp³-hybridized carbons (Fsp3) is 0.565. The normalized spacial score (nSPS) is 17.3. The standard InChI is InChI=1S/C23H36N6O2.HI/c1-5-24-22(26-17-23(2,30)19-14-27-28(3)16-19)25-15-21(29-11-6-7-12-29)18-9-8-10-20(13-18)31-4;/h8-10,13-14,16,21,30H,5-7,11-12,15,17H2,1-4H3,(H2,24,25,26);1H. The number of hydrogen-bond acceptors (Lipinski definition) is 5. The van der Waals surface area contributed by atoms with Gasteiger partial charge in [0.2, 0.25) is 0 Å². The molecule has 0 saturated carbocycles. The number of benzene rings is 1. The molecule has 1 aromatic heterocycles. The van der Waals surface area contributed by atoms with Gasteiger partial charge in [-0.1, -0.05) is 12.1 Å². The van der Waals surface area contributed by atoms with E-state index in [9.17, 15) is 5.11 Å². The molecule has 8 nitrogen and oxygen atoms in total. The van der Waals surface area contributed by atoms with Crippen molar-refractivity contribution in [3.8, 4) is 5.75 Å². The first-order valence-corrected chi connectivity index (χ1v) is 11.0. The second-order valence-electron chi connectivity index (χ2n) is 8.29. The highest BCUT2D eigenvalue weighted by Gasteiger charge is 2.26. The van der Waals surface area contributed by atoms with Crippen LogP contribution in [0, 0.1) is 0 Å². The number of nitrogens with zero attached hydrogens (tertiary/aromatic N) is 4. The van der Waals surface area contributed by atoms with Crippen LogP contribution in [0.15, 0.2) is 41.7 Å². The number of aliphatic imine (C=N–C) groups is 1. The Morgan fingerprint density at radius 3 is 2.69 bits per heavy atom. The van der Waals surface area contributed by atoms with Crippen molar-refractivity contribution in [2.45, 2.75) is 38.3 Å². The van der Waals surface area contributed by atoms with Gasteiger partial charge < -0.3 is 20.5 Å². The monoisotopic (exact) mass is 556 g/mol. The lowest BCUT2D eigenvalue weighted by Gasteiger charge is -2.29. The summed E-state index contributed by atoms with van der Waals surface area (Å²) in [6, 6.07) is 8.51. The van der Waals surface area contributed by atoms with Gasteiger partial charge in [-0.25, -0.2) is 4.99 Å². The molecule has 9 heteroatoms. The lowest BCUT2D eigenvalue weighted by atomic mass is 10.0. The molecule has 2 atom stereocenters. The molecule has 178 valence electrons. The molecule has 0 amide bonds. The summed E-state index contributed by atoms with van der Waals surface area (Å²) < 4.78 is 7.13. The maximum Gasteiger partial charge on any atom is 0.191 e. The largest absolute Gasteiger partial charge is 0.497 e. The minimum atomic E-state index is -1.09. The van der Waals surface area contributed by atoms with Crippen LogP contribution in [0.25, 0.3) is 0 Å². The third-order valence-electron chi connectivity index (χ3n) is 5.74. The molecule has 1 saturated heterocycles. The molecule has 2 unspecified atom stereocenters. The van der Waals surface area contributed by atoms with Crippen LogP contribution in [0.5, 0.6) is 5.75 Å². The average Bonchev–Trinajstić information content (AvgIpc) is 3.45. The zero-order valence-corrected chi connectivity index (χ0v) is 21.9. The topological polar surface area (TPSA) is 86.9 Å². The van der Waals surface area contributed by atoms with E-state index in [1.54, 1.807) is 24.9 Å². The first-order valence-electron chi connectivity index (χ1n) is 11.0. The Balaban J connectivity index is 0.00000363. The number of rotatable bonds is 9. The van der Waals surface area contributed by atoms with Crippen LogP contribution in [-0.2, 0) is 12.6 Å². The van der Waals surface area contributed by atoms with Crippen LogP contribution in [0.3, 0.4) is 0 Å². The van der Waals surface area contributed by atoms with Gasteiger partial charge >= 0.3 is 0 Å². The SMILES string of the molecule is CCNC(=NCC(C)(O)c1cnn(C)c1)NCC(c1cccc(OC)c1)N1CCCC1.I. The third-order valence-corrected chi connectivity index (χ3v) is 5.74. The third kappa shape index (κ3) is 7.08. The second-order valence-corrected chi connectivity index (χ2v) is 8.29. The number of aliphatic hydroxyl groups is 1. The lowest BCUT2D eigenvalue weighted by Crippen LogP contribution is -2.43. The maximum absolute atomic E-state index is 10.9. The molecule has 1 aliphatic heterocycles. The first-order chi connectivity index (χ1) is 14.9. The van der Waals surface area contributed by atoms with Crippen LogP contribution in [-0.4, -0.2) is 65.6 Å². The molecule has 1 aromatic carbocycles. The fourth-order valence-corrected chi connectivity index (χ4v) is 3.92. The highest BCUT2D eigenvalue weighted by molar-refractivity contribution is 14.0. The van der Waals surface area contributed by atoms with Crippen LogP contribution < -0.4 is 15.4 Å². The molecular formula is C23H37IN6O2. The Kier molecular flexibility index (Phi) is 10.2. The number of hydrogen-bond donors (Lipinski definition) is 3. The van der Waals surface area contributed by atoms with Crippen molar-refractivity contribution in [3.05, 3.63) is 47.8 Å². The fourth-order valence-electron chi connectivity index (χ4n) is 3.92. The summed E-state index contributed by atoms with van der Waals surface area (Å²) in [5.74, 6) is 1.56. The van der Waals surface area contributed by atoms with Gasteiger partial charge in [-0.3, -0.25) is 9.58 Å². The van der Waals surface area contributed by atoms with Crippen molar-refractivity contribution in [2.24, 2.45) is 12.0 Å². The number of aromatic nitrogens is 2. The Morgan fingerprint density at radius 2 is 2.06 bits per heavy atom. The van der Waals surface area contributed by atoms with Crippen LogP contribution in [0.1, 0.15) is 43.9 Å². The van der Waals surface area contributed by atoms with E-state index >= 15 is 0 Å². The molecule has 0 bridgehead atoms. The molecule has 3 N–H and O–H groups in total. The van der Waals surface area contributed by atoms with Gasteiger partial charge in [-0.05, 0) is 57.5 Å². The summed E-state index contributed by atoms with van der Waals surface area (Å²) in [5, 5.41) is 21.8. The van der Waals surface area contributed by atoms with E-state index in [2.05, 4.69) is 37.8 Å². The summed E-state index contributed by atoms with van der Waals surface area (Å²) >= 11 is 0. The molecule has 1 fully saturated rings. The second kappa shape index (κ2) is 12.4. The van der Waals surface area contributed by atoms with Crippen molar-refractivity contribution in [1.82, 2.24) is 25.3 Å². The molecule has 2 aromatic rings. The zero-order chi connectivity index (χ0) is 22.3. The Labute approximate surface area is 208 Å². The quantitative estimate of drug-likeness (QED) is 0.250. The Bertz CT molecular complexity index is 864. The van der Waals surface area contributed by atoms with E-state index in [0.29, 0.717) is 12.5 Å². The van der Waals surface area contributed by atoms with Gasteiger partial charge in [0, 0.05) is 31.9 Å². The lowest BCUT2D eigenvalue weighted by molar-refractivity contribution is 0.0671. The number of likely N-dealkylation sites (tertiary alicyclic amines) is 1. The molecule has 32 heavy (non-hydrogen) atoms. The van der Waals surface area contributed by atoms with E-state index in [1.165, 1.54) is 18.4 Å². The van der Waals surface area contributed by atoms with E-state index in [0.717, 1.165) is 30.9 Å². The molecule has 0 radical (unpaired) electrons. The highest BCUT2D eigenvalue weighted by Crippen LogP contribution is 2.27. The van der Waals surface area contributed by atoms with Crippen molar-refractivity contribution >= 4 is 29.9 Å². The maximum atomic E-state index is 10.9. The average molecular weight is 556 g/mol. The summed E-state index contributed by atoms with van der Waals surface area (Å²) in [6.07, 6.45) is 5.95. The van der Waals surface area contributed by atoms with E-state index in [-0.39, 0.29) is 36.6 Å². The van der Waals surface area contributed by atoms with Gasteiger partial charge in [0.25, 0.3) is 0 Å². The molecule has 2 heterocycles. The predicted octanol–water partition coefficient (Wildman–Crippen LogP) is 2.65. The predicted molar refractivity (Wildman–Crippen MR) is 139 cm³/mol. The van der Waals surface area contributed by atoms with Gasteiger partial charge in [-0.15, -0.1) is 24.0 Å². The number of guanidine groups is 1. The van der Waals surface area contributed by atoms with Gasteiger partial charge in [0.15, 0.2) is 5.96 Å². The van der Waals surface area contributed by atoms with Gasteiger partial charge in [-0.2, -0.15) is 5.10 Å². The van der Waals surface area contributed by atoms with E-state index in [1.807, 2.05) is 32.3 Å². The van der Waals surface area contributed by atoms with Gasteiger partial charge in [0.05, 0.1) is 25.9 Å². The summed E-state index contributed by atoms with van der Waals surface area (Å²) in [7, 11) is 3.54. The van der Waals surface area contributed by atoms with E-state index in [4.69, 9.17) is 4.74 Å². The van der Waals surface area contributed by atoms with Crippen LogP contribution >= 0.6 is 24.0 Å². The Morgan fingerprint density at radius 1 is 1.31 bits per heavy atom. The Hall–Kier alpha value is -1.85. The molecule has 0 spiro atoms. The first kappa shape index (κ1) is 26.4. The summed E-state index contributed by atoms with van der Waals surface area (Å²) in [4.78, 5) is 7.17. The number of halogens is 1. The summed E-state index contributed by atoms with van der Waals surface area (Å²) in [6.45, 7) is 7.68. The van der Waals surface area contributed by atoms with Crippen molar-refractivity contribution < 1.29 is 9.84 Å². The molecule has 0 aliphatic carbocycles. The van der Waals surface area contributed by atoms with Crippen molar-refractivity contribution in [3.63, 3.8) is 0 Å². The van der Waals surface area contributed by atoms with E-state index < -0.39 is 5.60 Å². The van der Waals surface area contributed by atoms with Crippen molar-refractivity contribution in [2.75, 3.05) is 39.8 Å². The van der Waals surface area contributed by atoms with Crippen molar-refractivity contribution in [1.29, 1.82) is 0 Å². The minimum absolute atomic E-state index is 0. The summed E-state index contributed by atoms with van der Waals surface area (Å²) in [5.41, 5.74) is 0.894. The number of aryl methyl sites for hydroxylation is 1. The highest BCUT2D eigenvalue weighted by atomic mass is 127. The zero-order valence-electron chi connectivity index (χ0n) is 19.5. The molecular weight excluding hydrogens is 519 g/mol.